The number of rotatable bonds is 8. The van der Waals surface area contributed by atoms with Gasteiger partial charge in [0.25, 0.3) is 11.8 Å². The summed E-state index contributed by atoms with van der Waals surface area (Å²) >= 11 is 0. The number of likely N-dealkylation sites (tertiary alicyclic amines) is 1. The van der Waals surface area contributed by atoms with E-state index in [0.717, 1.165) is 33.3 Å². The number of fused-ring (bicyclic) bond motifs is 1. The van der Waals surface area contributed by atoms with Crippen molar-refractivity contribution < 1.29 is 18.3 Å². The Morgan fingerprint density at radius 1 is 1.08 bits per heavy atom. The lowest BCUT2D eigenvalue weighted by molar-refractivity contribution is -0.113. The van der Waals surface area contributed by atoms with Gasteiger partial charge in [0, 0.05) is 53.8 Å². The first-order valence-electron chi connectivity index (χ1n) is 12.4. The molecule has 0 aliphatic carbocycles. The van der Waals surface area contributed by atoms with E-state index in [4.69, 9.17) is 4.74 Å². The summed E-state index contributed by atoms with van der Waals surface area (Å²) in [5.41, 5.74) is 4.80. The normalized spacial score (nSPS) is 14.4. The largest absolute Gasteiger partial charge is 0.383 e. The predicted molar refractivity (Wildman–Crippen MR) is 143 cm³/mol. The van der Waals surface area contributed by atoms with Crippen molar-refractivity contribution in [1.82, 2.24) is 29.6 Å². The number of amides is 1. The minimum absolute atomic E-state index is 0.352. The van der Waals surface area contributed by atoms with E-state index in [-0.39, 0.29) is 0 Å². The number of aromatic nitrogens is 5. The SMILES string of the molecule is COCCn1c(C(=O)N2CC(F)(F)C2)cc2ccc(-c3nccc(Nc4ccc(-c5cn[nH]c5)cc4)n3)cc21. The molecule has 1 amide bonds. The van der Waals surface area contributed by atoms with Gasteiger partial charge >= 0.3 is 0 Å². The van der Waals surface area contributed by atoms with E-state index in [9.17, 15) is 13.6 Å². The molecule has 0 atom stereocenters. The van der Waals surface area contributed by atoms with Crippen molar-refractivity contribution in [2.24, 2.45) is 0 Å². The number of nitrogens with one attached hydrogen (secondary N) is 2. The molecular formula is C28H25F2N7O2. The van der Waals surface area contributed by atoms with Crippen molar-refractivity contribution >= 4 is 28.3 Å². The Morgan fingerprint density at radius 3 is 2.59 bits per heavy atom. The fraction of sp³-hybridized carbons (Fsp3) is 0.214. The Labute approximate surface area is 222 Å². The van der Waals surface area contributed by atoms with Crippen LogP contribution in [0.15, 0.2) is 73.2 Å². The number of benzene rings is 2. The maximum Gasteiger partial charge on any atom is 0.282 e. The molecule has 1 aliphatic heterocycles. The van der Waals surface area contributed by atoms with Gasteiger partial charge in [-0.2, -0.15) is 5.10 Å². The van der Waals surface area contributed by atoms with Crippen molar-refractivity contribution in [2.75, 3.05) is 32.1 Å². The summed E-state index contributed by atoms with van der Waals surface area (Å²) in [4.78, 5) is 23.3. The van der Waals surface area contributed by atoms with E-state index in [2.05, 4.69) is 25.5 Å². The molecule has 3 aromatic heterocycles. The van der Waals surface area contributed by atoms with Crippen molar-refractivity contribution in [2.45, 2.75) is 12.5 Å². The Bertz CT molecular complexity index is 1620. The van der Waals surface area contributed by atoms with Gasteiger partial charge in [0.15, 0.2) is 5.82 Å². The first-order chi connectivity index (χ1) is 18.9. The second-order valence-electron chi connectivity index (χ2n) is 9.42. The lowest BCUT2D eigenvalue weighted by Gasteiger charge is -2.38. The van der Waals surface area contributed by atoms with E-state index < -0.39 is 24.9 Å². The topological polar surface area (TPSA) is 101 Å². The number of hydrogen-bond acceptors (Lipinski definition) is 6. The highest BCUT2D eigenvalue weighted by molar-refractivity contribution is 6.00. The zero-order chi connectivity index (χ0) is 27.0. The molecule has 1 saturated heterocycles. The van der Waals surface area contributed by atoms with Crippen LogP contribution < -0.4 is 5.32 Å². The van der Waals surface area contributed by atoms with Gasteiger partial charge in [0.05, 0.1) is 25.9 Å². The number of ether oxygens (including phenoxy) is 1. The van der Waals surface area contributed by atoms with Crippen molar-refractivity contribution in [1.29, 1.82) is 0 Å². The number of anilines is 2. The predicted octanol–water partition coefficient (Wildman–Crippen LogP) is 4.97. The highest BCUT2D eigenvalue weighted by Crippen LogP contribution is 2.31. The number of hydrogen-bond donors (Lipinski definition) is 2. The molecule has 0 spiro atoms. The summed E-state index contributed by atoms with van der Waals surface area (Å²) in [6, 6.07) is 17.1. The maximum atomic E-state index is 13.4. The summed E-state index contributed by atoms with van der Waals surface area (Å²) in [7, 11) is 1.58. The number of H-pyrrole nitrogens is 1. The van der Waals surface area contributed by atoms with Gasteiger partial charge in [-0.3, -0.25) is 9.89 Å². The quantitative estimate of drug-likeness (QED) is 0.294. The van der Waals surface area contributed by atoms with E-state index in [1.807, 2.05) is 53.2 Å². The Balaban J connectivity index is 1.27. The van der Waals surface area contributed by atoms with Crippen LogP contribution in [-0.4, -0.2) is 68.3 Å². The van der Waals surface area contributed by atoms with E-state index in [0.29, 0.717) is 30.5 Å². The van der Waals surface area contributed by atoms with Gasteiger partial charge < -0.3 is 19.5 Å². The molecule has 1 aliphatic rings. The number of alkyl halides is 2. The fourth-order valence-electron chi connectivity index (χ4n) is 4.68. The van der Waals surface area contributed by atoms with Crippen molar-refractivity contribution in [3.63, 3.8) is 0 Å². The molecule has 0 saturated carbocycles. The van der Waals surface area contributed by atoms with Crippen LogP contribution in [0.3, 0.4) is 0 Å². The third-order valence-electron chi connectivity index (χ3n) is 6.68. The summed E-state index contributed by atoms with van der Waals surface area (Å²) in [6.07, 6.45) is 5.28. The summed E-state index contributed by atoms with van der Waals surface area (Å²) in [5, 5.41) is 10.9. The molecule has 2 N–H and O–H groups in total. The van der Waals surface area contributed by atoms with Gasteiger partial charge in [-0.25, -0.2) is 18.7 Å². The number of nitrogens with zero attached hydrogens (tertiary/aromatic N) is 5. The van der Waals surface area contributed by atoms with Crippen LogP contribution in [0.2, 0.25) is 0 Å². The molecule has 0 unspecified atom stereocenters. The van der Waals surface area contributed by atoms with Gasteiger partial charge in [-0.05, 0) is 35.9 Å². The molecule has 39 heavy (non-hydrogen) atoms. The molecule has 6 rings (SSSR count). The summed E-state index contributed by atoms with van der Waals surface area (Å²) < 4.78 is 33.9. The zero-order valence-corrected chi connectivity index (χ0v) is 21.1. The van der Waals surface area contributed by atoms with Crippen LogP contribution >= 0.6 is 0 Å². The van der Waals surface area contributed by atoms with Gasteiger partial charge in [0.2, 0.25) is 0 Å². The molecule has 4 heterocycles. The molecule has 1 fully saturated rings. The molecule has 5 aromatic rings. The first-order valence-corrected chi connectivity index (χ1v) is 12.4. The third-order valence-corrected chi connectivity index (χ3v) is 6.68. The summed E-state index contributed by atoms with van der Waals surface area (Å²) in [6.45, 7) is -0.378. The van der Waals surface area contributed by atoms with Crippen LogP contribution in [-0.2, 0) is 11.3 Å². The second-order valence-corrected chi connectivity index (χ2v) is 9.42. The number of halogens is 2. The van der Waals surface area contributed by atoms with E-state index >= 15 is 0 Å². The van der Waals surface area contributed by atoms with Crippen LogP contribution in [0.25, 0.3) is 33.4 Å². The molecule has 0 bridgehead atoms. The lowest BCUT2D eigenvalue weighted by Crippen LogP contribution is -2.58. The van der Waals surface area contributed by atoms with E-state index in [1.165, 1.54) is 4.90 Å². The monoisotopic (exact) mass is 529 g/mol. The van der Waals surface area contributed by atoms with Crippen LogP contribution in [0, 0.1) is 0 Å². The maximum absolute atomic E-state index is 13.4. The summed E-state index contributed by atoms with van der Waals surface area (Å²) in [5.74, 6) is -2.12. The number of carbonyl (C=O) groups is 1. The second kappa shape index (κ2) is 9.91. The average molecular weight is 530 g/mol. The van der Waals surface area contributed by atoms with Crippen molar-refractivity contribution in [3.8, 4) is 22.5 Å². The van der Waals surface area contributed by atoms with Crippen LogP contribution in [0.4, 0.5) is 20.3 Å². The fourth-order valence-corrected chi connectivity index (χ4v) is 4.68. The van der Waals surface area contributed by atoms with Crippen molar-refractivity contribution in [3.05, 3.63) is 78.9 Å². The van der Waals surface area contributed by atoms with Crippen LogP contribution in [0.5, 0.6) is 0 Å². The standard InChI is InChI=1S/C28H25F2N7O2/c1-39-11-10-37-23-13-20(3-2-19(23)12-24(37)27(38)36-16-28(29,30)17-36)26-31-9-8-25(35-26)34-22-6-4-18(5-7-22)21-14-32-33-15-21/h2-9,12-15H,10-11,16-17H2,1H3,(H,32,33)(H,31,34,35). The highest BCUT2D eigenvalue weighted by Gasteiger charge is 2.47. The first kappa shape index (κ1) is 24.7. The molecular weight excluding hydrogens is 504 g/mol. The van der Waals surface area contributed by atoms with Crippen LogP contribution in [0.1, 0.15) is 10.5 Å². The molecule has 11 heteroatoms. The molecule has 0 radical (unpaired) electrons. The Morgan fingerprint density at radius 2 is 1.87 bits per heavy atom. The van der Waals surface area contributed by atoms with E-state index in [1.54, 1.807) is 31.6 Å². The molecule has 2 aromatic carbocycles. The Kier molecular flexibility index (Phi) is 6.27. The Hall–Kier alpha value is -4.64. The third kappa shape index (κ3) is 4.96. The van der Waals surface area contributed by atoms with Gasteiger partial charge in [-0.15, -0.1) is 0 Å². The van der Waals surface area contributed by atoms with Gasteiger partial charge in [0.1, 0.15) is 11.5 Å². The minimum Gasteiger partial charge on any atom is -0.383 e. The minimum atomic E-state index is -2.83. The van der Waals surface area contributed by atoms with Gasteiger partial charge in [-0.1, -0.05) is 24.3 Å². The number of methoxy groups -OCH3 is 1. The molecule has 9 nitrogen and oxygen atoms in total. The zero-order valence-electron chi connectivity index (χ0n) is 21.1. The average Bonchev–Trinajstić information content (AvgIpc) is 3.59. The highest BCUT2D eigenvalue weighted by atomic mass is 19.3. The number of aromatic amines is 1. The molecule has 198 valence electrons. The smallest absolute Gasteiger partial charge is 0.282 e. The number of carbonyl (C=O) groups excluding carboxylic acids is 1. The lowest BCUT2D eigenvalue weighted by atomic mass is 10.1.